The average molecular weight is 480 g/mol. The fourth-order valence-electron chi connectivity index (χ4n) is 6.13. The Hall–Kier alpha value is -2.71. The summed E-state index contributed by atoms with van der Waals surface area (Å²) >= 11 is 0. The Balaban J connectivity index is 1.22. The monoisotopic (exact) mass is 479 g/mol. The molecule has 1 saturated heterocycles. The van der Waals surface area contributed by atoms with Crippen molar-refractivity contribution >= 4 is 17.5 Å². The Kier molecular flexibility index (Phi) is 6.68. The summed E-state index contributed by atoms with van der Waals surface area (Å²) in [5, 5.41) is 6.53. The number of nitrogens with one attached hydrogen (secondary N) is 2. The van der Waals surface area contributed by atoms with Gasteiger partial charge in [0.2, 0.25) is 5.95 Å². The molecule has 3 fully saturated rings. The number of hydrogen-bond donors (Lipinski definition) is 2. The van der Waals surface area contributed by atoms with Crippen molar-refractivity contribution in [1.82, 2.24) is 20.2 Å². The Morgan fingerprint density at radius 1 is 1.20 bits per heavy atom. The summed E-state index contributed by atoms with van der Waals surface area (Å²) < 4.78 is 11.5. The molecule has 0 radical (unpaired) electrons. The number of nitrogens with zero attached hydrogens (tertiary/aromatic N) is 3. The molecule has 1 aliphatic heterocycles. The standard InChI is InChI=1S/C27H37N5O3/c1-26(2)19-8-10-27(26,3)23(18-19)31-24(33)21-9-11-28-25(30-21)29-20-6-4-5-7-22(20)35-17-14-32-12-15-34-16-13-32/h4-7,9,11,19,23H,8,10,12-18H2,1-3H3,(H,31,33)(H,28,29,30). The van der Waals surface area contributed by atoms with Crippen LogP contribution in [-0.4, -0.2) is 66.3 Å². The van der Waals surface area contributed by atoms with Gasteiger partial charge in [0.1, 0.15) is 18.1 Å². The Labute approximate surface area is 207 Å². The number of aromatic nitrogens is 2. The van der Waals surface area contributed by atoms with Crippen molar-refractivity contribution in [3.63, 3.8) is 0 Å². The second-order valence-corrected chi connectivity index (χ2v) is 10.8. The van der Waals surface area contributed by atoms with Crippen LogP contribution >= 0.6 is 0 Å². The largest absolute Gasteiger partial charge is 0.490 e. The summed E-state index contributed by atoms with van der Waals surface area (Å²) in [6, 6.07) is 9.58. The molecule has 0 spiro atoms. The number of fused-ring (bicyclic) bond motifs is 2. The lowest BCUT2D eigenvalue weighted by Gasteiger charge is -2.39. The second kappa shape index (κ2) is 9.74. The summed E-state index contributed by atoms with van der Waals surface area (Å²) in [6.07, 6.45) is 5.08. The lowest BCUT2D eigenvalue weighted by atomic mass is 9.69. The second-order valence-electron chi connectivity index (χ2n) is 10.8. The molecule has 2 N–H and O–H groups in total. The average Bonchev–Trinajstić information content (AvgIpc) is 3.20. The summed E-state index contributed by atoms with van der Waals surface area (Å²) in [4.78, 5) is 24.3. The van der Waals surface area contributed by atoms with E-state index in [1.54, 1.807) is 12.3 Å². The van der Waals surface area contributed by atoms with E-state index in [0.717, 1.165) is 57.1 Å². The van der Waals surface area contributed by atoms with Gasteiger partial charge in [0.15, 0.2) is 0 Å². The van der Waals surface area contributed by atoms with Crippen LogP contribution < -0.4 is 15.4 Å². The third-order valence-corrected chi connectivity index (χ3v) is 8.89. The zero-order chi connectivity index (χ0) is 24.5. The first kappa shape index (κ1) is 24.0. The maximum absolute atomic E-state index is 13.1. The molecule has 3 unspecified atom stereocenters. The van der Waals surface area contributed by atoms with Crippen LogP contribution in [0, 0.1) is 16.7 Å². The van der Waals surface area contributed by atoms with Crippen molar-refractivity contribution in [2.75, 3.05) is 44.8 Å². The normalized spacial score (nSPS) is 27.5. The molecule has 1 aromatic carbocycles. The fraction of sp³-hybridized carbons (Fsp3) is 0.593. The van der Waals surface area contributed by atoms with Gasteiger partial charge >= 0.3 is 0 Å². The number of para-hydroxylation sites is 2. The lowest BCUT2D eigenvalue weighted by molar-refractivity contribution is 0.0323. The molecule has 8 nitrogen and oxygen atoms in total. The number of anilines is 2. The minimum Gasteiger partial charge on any atom is -0.490 e. The van der Waals surface area contributed by atoms with Crippen LogP contribution in [0.3, 0.4) is 0 Å². The highest BCUT2D eigenvalue weighted by atomic mass is 16.5. The highest BCUT2D eigenvalue weighted by Crippen LogP contribution is 2.65. The molecule has 3 atom stereocenters. The molecule has 2 bridgehead atoms. The van der Waals surface area contributed by atoms with Gasteiger partial charge in [0.25, 0.3) is 5.91 Å². The van der Waals surface area contributed by atoms with Crippen molar-refractivity contribution in [1.29, 1.82) is 0 Å². The molecule has 2 aliphatic carbocycles. The van der Waals surface area contributed by atoms with Crippen molar-refractivity contribution in [2.45, 2.75) is 46.1 Å². The molecule has 35 heavy (non-hydrogen) atoms. The summed E-state index contributed by atoms with van der Waals surface area (Å²) in [7, 11) is 0. The van der Waals surface area contributed by atoms with E-state index in [1.807, 2.05) is 24.3 Å². The summed E-state index contributed by atoms with van der Waals surface area (Å²) in [6.45, 7) is 11.9. The predicted octanol–water partition coefficient (Wildman–Crippen LogP) is 3.88. The first-order valence-electron chi connectivity index (χ1n) is 12.8. The molecule has 8 heteroatoms. The zero-order valence-corrected chi connectivity index (χ0v) is 21.0. The third-order valence-electron chi connectivity index (χ3n) is 8.89. The van der Waals surface area contributed by atoms with Gasteiger partial charge in [-0.15, -0.1) is 0 Å². The van der Waals surface area contributed by atoms with E-state index < -0.39 is 0 Å². The van der Waals surface area contributed by atoms with Crippen LogP contribution in [-0.2, 0) is 4.74 Å². The van der Waals surface area contributed by atoms with E-state index in [2.05, 4.69) is 46.3 Å². The Morgan fingerprint density at radius 2 is 2.00 bits per heavy atom. The van der Waals surface area contributed by atoms with E-state index in [0.29, 0.717) is 24.2 Å². The minimum absolute atomic E-state index is 0.124. The number of carbonyl (C=O) groups excluding carboxylic acids is 1. The van der Waals surface area contributed by atoms with Crippen molar-refractivity contribution in [2.24, 2.45) is 16.7 Å². The highest BCUT2D eigenvalue weighted by molar-refractivity contribution is 5.92. The van der Waals surface area contributed by atoms with Crippen molar-refractivity contribution in [3.05, 3.63) is 42.2 Å². The zero-order valence-electron chi connectivity index (χ0n) is 21.0. The van der Waals surface area contributed by atoms with Gasteiger partial charge in [0, 0.05) is 31.9 Å². The van der Waals surface area contributed by atoms with Gasteiger partial charge in [0.05, 0.1) is 18.9 Å². The number of rotatable bonds is 8. The molecule has 5 rings (SSSR count). The number of benzene rings is 1. The molecule has 3 aliphatic rings. The topological polar surface area (TPSA) is 88.6 Å². The summed E-state index contributed by atoms with van der Waals surface area (Å²) in [5.74, 6) is 1.64. The Morgan fingerprint density at radius 3 is 2.74 bits per heavy atom. The van der Waals surface area contributed by atoms with Gasteiger partial charge < -0.3 is 20.1 Å². The van der Waals surface area contributed by atoms with Crippen LogP contribution in [0.2, 0.25) is 0 Å². The number of hydrogen-bond acceptors (Lipinski definition) is 7. The maximum Gasteiger partial charge on any atom is 0.270 e. The summed E-state index contributed by atoms with van der Waals surface area (Å²) in [5.41, 5.74) is 1.51. The predicted molar refractivity (Wildman–Crippen MR) is 135 cm³/mol. The number of ether oxygens (including phenoxy) is 2. The highest BCUT2D eigenvalue weighted by Gasteiger charge is 2.61. The van der Waals surface area contributed by atoms with Crippen LogP contribution in [0.1, 0.15) is 50.5 Å². The molecule has 2 heterocycles. The van der Waals surface area contributed by atoms with Crippen molar-refractivity contribution in [3.8, 4) is 5.75 Å². The SMILES string of the molecule is CC1(C)C2CCC1(C)C(NC(=O)c1ccnc(Nc3ccccc3OCCN3CCOCC3)n1)C2. The van der Waals surface area contributed by atoms with Crippen LogP contribution in [0.5, 0.6) is 5.75 Å². The fourth-order valence-corrected chi connectivity index (χ4v) is 6.13. The molecule has 1 aromatic heterocycles. The third kappa shape index (κ3) is 4.74. The number of carbonyl (C=O) groups is 1. The van der Waals surface area contributed by atoms with Crippen molar-refractivity contribution < 1.29 is 14.3 Å². The minimum atomic E-state index is -0.139. The first-order chi connectivity index (χ1) is 16.9. The number of morpholine rings is 1. The van der Waals surface area contributed by atoms with Gasteiger partial charge in [-0.2, -0.15) is 0 Å². The van der Waals surface area contributed by atoms with Crippen LogP contribution in [0.15, 0.2) is 36.5 Å². The van der Waals surface area contributed by atoms with E-state index in [-0.39, 0.29) is 22.8 Å². The maximum atomic E-state index is 13.1. The molecular weight excluding hydrogens is 442 g/mol. The number of amides is 1. The lowest BCUT2D eigenvalue weighted by Crippen LogP contribution is -2.47. The van der Waals surface area contributed by atoms with E-state index in [9.17, 15) is 4.79 Å². The molecule has 188 valence electrons. The van der Waals surface area contributed by atoms with E-state index in [1.165, 1.54) is 6.42 Å². The molecule has 2 aromatic rings. The van der Waals surface area contributed by atoms with Gasteiger partial charge in [-0.25, -0.2) is 9.97 Å². The van der Waals surface area contributed by atoms with Crippen LogP contribution in [0.4, 0.5) is 11.6 Å². The molecular formula is C27H37N5O3. The van der Waals surface area contributed by atoms with Gasteiger partial charge in [-0.1, -0.05) is 32.9 Å². The van der Waals surface area contributed by atoms with E-state index >= 15 is 0 Å². The quantitative estimate of drug-likeness (QED) is 0.594. The molecule has 1 amide bonds. The first-order valence-corrected chi connectivity index (χ1v) is 12.8. The smallest absolute Gasteiger partial charge is 0.270 e. The van der Waals surface area contributed by atoms with E-state index in [4.69, 9.17) is 9.47 Å². The molecule has 2 saturated carbocycles. The Bertz CT molecular complexity index is 1050. The van der Waals surface area contributed by atoms with Crippen LogP contribution in [0.25, 0.3) is 0 Å². The van der Waals surface area contributed by atoms with Gasteiger partial charge in [-0.05, 0) is 54.2 Å². The van der Waals surface area contributed by atoms with Gasteiger partial charge in [-0.3, -0.25) is 9.69 Å².